The molecule has 2 aliphatic heterocycles. The van der Waals surface area contributed by atoms with Crippen LogP contribution < -0.4 is 9.89 Å². The zero-order valence-electron chi connectivity index (χ0n) is 10.4. The van der Waals surface area contributed by atoms with Crippen molar-refractivity contribution in [3.63, 3.8) is 0 Å². The van der Waals surface area contributed by atoms with Gasteiger partial charge >= 0.3 is 0 Å². The normalized spacial score (nSPS) is 32.2. The fourth-order valence-corrected chi connectivity index (χ4v) is 3.14. The molecule has 2 aliphatic rings. The summed E-state index contributed by atoms with van der Waals surface area (Å²) in [5.41, 5.74) is 2.78. The van der Waals surface area contributed by atoms with Crippen molar-refractivity contribution in [1.29, 1.82) is 0 Å². The summed E-state index contributed by atoms with van der Waals surface area (Å²) in [7, 11) is 2.30. The molecule has 0 spiro atoms. The molecule has 0 aromatic carbocycles. The molecule has 3 nitrogen and oxygen atoms in total. The minimum Gasteiger partial charge on any atom is -0.331 e. The molecular formula is C14H21N3+2. The molecule has 3 heteroatoms. The van der Waals surface area contributed by atoms with Crippen LogP contribution in [0.15, 0.2) is 18.5 Å². The highest BCUT2D eigenvalue weighted by molar-refractivity contribution is 5.51. The molecule has 3 unspecified atom stereocenters. The molecule has 1 fully saturated rings. The second-order valence-electron chi connectivity index (χ2n) is 5.34. The zero-order chi connectivity index (χ0) is 11.7. The van der Waals surface area contributed by atoms with Gasteiger partial charge in [-0.15, -0.1) is 0 Å². The van der Waals surface area contributed by atoms with Crippen LogP contribution in [0.5, 0.6) is 0 Å². The van der Waals surface area contributed by atoms with Crippen LogP contribution in [0, 0.1) is 0 Å². The minimum atomic E-state index is 0.490. The summed E-state index contributed by atoms with van der Waals surface area (Å²) in [5, 5.41) is 0. The third-order valence-corrected chi connectivity index (χ3v) is 4.16. The zero-order valence-corrected chi connectivity index (χ0v) is 10.4. The van der Waals surface area contributed by atoms with Gasteiger partial charge in [-0.25, -0.2) is 4.99 Å². The van der Waals surface area contributed by atoms with E-state index in [1.165, 1.54) is 43.4 Å². The van der Waals surface area contributed by atoms with Crippen LogP contribution >= 0.6 is 0 Å². The monoisotopic (exact) mass is 231 g/mol. The fraction of sp³-hybridized carbons (Fsp3) is 0.571. The maximum absolute atomic E-state index is 4.44. The van der Waals surface area contributed by atoms with Crippen molar-refractivity contribution >= 4 is 6.21 Å². The smallest absolute Gasteiger partial charge is 0.177 e. The Kier molecular flexibility index (Phi) is 2.93. The van der Waals surface area contributed by atoms with E-state index in [9.17, 15) is 0 Å². The predicted molar refractivity (Wildman–Crippen MR) is 67.0 cm³/mol. The molecule has 1 saturated heterocycles. The van der Waals surface area contributed by atoms with Crippen LogP contribution in [-0.4, -0.2) is 24.8 Å². The van der Waals surface area contributed by atoms with Gasteiger partial charge in [0.25, 0.3) is 0 Å². The molecule has 0 amide bonds. The van der Waals surface area contributed by atoms with E-state index in [4.69, 9.17) is 0 Å². The Balaban J connectivity index is 1.85. The quantitative estimate of drug-likeness (QED) is 0.701. The van der Waals surface area contributed by atoms with Crippen LogP contribution in [-0.2, 0) is 0 Å². The van der Waals surface area contributed by atoms with Gasteiger partial charge < -0.3 is 4.90 Å². The van der Waals surface area contributed by atoms with Crippen molar-refractivity contribution in [2.45, 2.75) is 37.8 Å². The summed E-state index contributed by atoms with van der Waals surface area (Å²) in [5.74, 6) is 0. The van der Waals surface area contributed by atoms with Gasteiger partial charge in [-0.05, 0) is 6.07 Å². The van der Waals surface area contributed by atoms with Gasteiger partial charge in [-0.2, -0.15) is 0 Å². The molecule has 0 saturated carbocycles. The van der Waals surface area contributed by atoms with Crippen molar-refractivity contribution in [3.8, 4) is 0 Å². The van der Waals surface area contributed by atoms with E-state index in [1.807, 2.05) is 6.20 Å². The third kappa shape index (κ3) is 2.12. The van der Waals surface area contributed by atoms with Gasteiger partial charge in [-0.1, -0.05) is 0 Å². The molecule has 17 heavy (non-hydrogen) atoms. The maximum atomic E-state index is 4.44. The summed E-state index contributed by atoms with van der Waals surface area (Å²) >= 11 is 0. The second kappa shape index (κ2) is 4.57. The first-order chi connectivity index (χ1) is 8.34. The molecule has 3 heterocycles. The number of rotatable bonds is 2. The molecule has 3 rings (SSSR count). The molecule has 0 bridgehead atoms. The Bertz CT molecular complexity index is 427. The number of hydrogen-bond donors (Lipinski definition) is 2. The SMILES string of the molecule is C[NH+]1CCCC1c1cncc(C2CCC=[NH+]2)c1. The molecule has 90 valence electrons. The van der Waals surface area contributed by atoms with Gasteiger partial charge in [-0.3, -0.25) is 4.98 Å². The average molecular weight is 231 g/mol. The number of pyridine rings is 1. The van der Waals surface area contributed by atoms with Crippen molar-refractivity contribution < 1.29 is 9.89 Å². The largest absolute Gasteiger partial charge is 0.331 e. The Morgan fingerprint density at radius 1 is 1.29 bits per heavy atom. The van der Waals surface area contributed by atoms with Crippen molar-refractivity contribution in [2.75, 3.05) is 13.6 Å². The summed E-state index contributed by atoms with van der Waals surface area (Å²) < 4.78 is 0. The van der Waals surface area contributed by atoms with E-state index in [0.717, 1.165) is 0 Å². The molecule has 3 atom stereocenters. The topological polar surface area (TPSA) is 31.3 Å². The molecule has 1 aromatic rings. The second-order valence-corrected chi connectivity index (χ2v) is 5.34. The van der Waals surface area contributed by atoms with Crippen LogP contribution in [0.3, 0.4) is 0 Å². The van der Waals surface area contributed by atoms with Crippen LogP contribution in [0.4, 0.5) is 0 Å². The number of quaternary nitrogens is 1. The van der Waals surface area contributed by atoms with Gasteiger partial charge in [0.2, 0.25) is 0 Å². The van der Waals surface area contributed by atoms with Gasteiger partial charge in [0.15, 0.2) is 6.04 Å². The number of hydrogen-bond acceptors (Lipinski definition) is 1. The van der Waals surface area contributed by atoms with E-state index >= 15 is 0 Å². The average Bonchev–Trinajstić information content (AvgIpc) is 2.99. The molecule has 1 aromatic heterocycles. The van der Waals surface area contributed by atoms with E-state index in [1.54, 1.807) is 4.90 Å². The first-order valence-corrected chi connectivity index (χ1v) is 6.69. The summed E-state index contributed by atoms with van der Waals surface area (Å²) in [6.07, 6.45) is 11.3. The van der Waals surface area contributed by atoms with Crippen LogP contribution in [0.25, 0.3) is 0 Å². The Morgan fingerprint density at radius 2 is 2.18 bits per heavy atom. The Morgan fingerprint density at radius 3 is 2.88 bits per heavy atom. The third-order valence-electron chi connectivity index (χ3n) is 4.16. The lowest BCUT2D eigenvalue weighted by atomic mass is 10.0. The lowest BCUT2D eigenvalue weighted by Crippen LogP contribution is -3.07. The summed E-state index contributed by atoms with van der Waals surface area (Å²) in [4.78, 5) is 9.51. The number of likely N-dealkylation sites (tertiary alicyclic amines) is 1. The maximum Gasteiger partial charge on any atom is 0.177 e. The van der Waals surface area contributed by atoms with E-state index in [0.29, 0.717) is 12.1 Å². The van der Waals surface area contributed by atoms with E-state index in [-0.39, 0.29) is 0 Å². The van der Waals surface area contributed by atoms with E-state index in [2.05, 4.69) is 35.5 Å². The molecular weight excluding hydrogens is 210 g/mol. The van der Waals surface area contributed by atoms with E-state index < -0.39 is 0 Å². The highest BCUT2D eigenvalue weighted by Crippen LogP contribution is 2.22. The summed E-state index contributed by atoms with van der Waals surface area (Å²) in [6.45, 7) is 1.30. The van der Waals surface area contributed by atoms with Crippen LogP contribution in [0.1, 0.15) is 48.9 Å². The Labute approximate surface area is 103 Å². The highest BCUT2D eigenvalue weighted by atomic mass is 15.1. The lowest BCUT2D eigenvalue weighted by Gasteiger charge is -2.17. The number of aromatic nitrogens is 1. The predicted octanol–water partition coefficient (Wildman–Crippen LogP) is -0.582. The minimum absolute atomic E-state index is 0.490. The standard InChI is InChI=1S/C14H19N3/c1-17-7-3-5-14(17)12-8-11(9-15-10-12)13-4-2-6-16-13/h6,8-10,13-14H,2-5,7H2,1H3/p+2. The van der Waals surface area contributed by atoms with Gasteiger partial charge in [0, 0.05) is 49.2 Å². The molecule has 0 radical (unpaired) electrons. The number of nitrogens with one attached hydrogen (secondary N) is 2. The van der Waals surface area contributed by atoms with Gasteiger partial charge in [0.05, 0.1) is 13.6 Å². The van der Waals surface area contributed by atoms with Crippen LogP contribution in [0.2, 0.25) is 0 Å². The molecule has 2 N–H and O–H groups in total. The number of nitrogens with zero attached hydrogens (tertiary/aromatic N) is 1. The fourth-order valence-electron chi connectivity index (χ4n) is 3.14. The van der Waals surface area contributed by atoms with Crippen molar-refractivity contribution in [3.05, 3.63) is 29.6 Å². The first-order valence-electron chi connectivity index (χ1n) is 6.69. The van der Waals surface area contributed by atoms with Crippen molar-refractivity contribution in [1.82, 2.24) is 4.98 Å². The lowest BCUT2D eigenvalue weighted by molar-refractivity contribution is -0.898. The van der Waals surface area contributed by atoms with Crippen molar-refractivity contribution in [2.24, 2.45) is 0 Å². The highest BCUT2D eigenvalue weighted by Gasteiger charge is 2.28. The summed E-state index contributed by atoms with van der Waals surface area (Å²) in [6, 6.07) is 3.51. The Hall–Kier alpha value is -1.22. The van der Waals surface area contributed by atoms with Gasteiger partial charge in [0.1, 0.15) is 12.3 Å². The first kappa shape index (κ1) is 10.9. The molecule has 0 aliphatic carbocycles.